The fourth-order valence-electron chi connectivity index (χ4n) is 1.39. The molecule has 0 unspecified atom stereocenters. The summed E-state index contributed by atoms with van der Waals surface area (Å²) in [6.07, 6.45) is 1.04. The van der Waals surface area contributed by atoms with Gasteiger partial charge in [0.05, 0.1) is 28.2 Å². The summed E-state index contributed by atoms with van der Waals surface area (Å²) in [5, 5.41) is 0.0555. The highest BCUT2D eigenvalue weighted by atomic mass is 35.5. The van der Waals surface area contributed by atoms with Crippen molar-refractivity contribution >= 4 is 51.6 Å². The fraction of sp³-hybridized carbons (Fsp3) is 0.455. The minimum absolute atomic E-state index is 0.00792. The zero-order chi connectivity index (χ0) is 16.3. The Labute approximate surface area is 139 Å². The van der Waals surface area contributed by atoms with Crippen molar-refractivity contribution in [3.05, 3.63) is 22.2 Å². The first-order valence-corrected chi connectivity index (χ1v) is 11.1. The largest absolute Gasteiger partial charge is 0.422 e. The van der Waals surface area contributed by atoms with Crippen LogP contribution >= 0.6 is 29.9 Å². The zero-order valence-electron chi connectivity index (χ0n) is 11.6. The van der Waals surface area contributed by atoms with Crippen molar-refractivity contribution in [3.63, 3.8) is 0 Å². The van der Waals surface area contributed by atoms with Crippen molar-refractivity contribution < 1.29 is 22.0 Å². The van der Waals surface area contributed by atoms with Crippen LogP contribution in [0.2, 0.25) is 10.0 Å². The van der Waals surface area contributed by atoms with Gasteiger partial charge in [-0.25, -0.2) is 8.42 Å². The lowest BCUT2D eigenvalue weighted by molar-refractivity contribution is 0.218. The predicted octanol–water partition coefficient (Wildman–Crippen LogP) is 4.07. The molecule has 0 amide bonds. The first-order valence-electron chi connectivity index (χ1n) is 5.90. The second-order valence-electron chi connectivity index (χ2n) is 3.86. The van der Waals surface area contributed by atoms with E-state index >= 15 is 0 Å². The van der Waals surface area contributed by atoms with Gasteiger partial charge in [-0.2, -0.15) is 0 Å². The number of sulfone groups is 1. The molecule has 0 bridgehead atoms. The van der Waals surface area contributed by atoms with Gasteiger partial charge in [0.2, 0.25) is 0 Å². The van der Waals surface area contributed by atoms with Crippen LogP contribution in [0.15, 0.2) is 17.0 Å². The molecule has 0 aromatic heterocycles. The molecule has 0 fully saturated rings. The highest BCUT2D eigenvalue weighted by molar-refractivity contribution is 8.07. The lowest BCUT2D eigenvalue weighted by Crippen LogP contribution is -2.03. The van der Waals surface area contributed by atoms with E-state index in [1.165, 1.54) is 12.1 Å². The summed E-state index contributed by atoms with van der Waals surface area (Å²) in [4.78, 5) is -0.0809. The first kappa shape index (κ1) is 19.2. The van der Waals surface area contributed by atoms with E-state index < -0.39 is 16.6 Å². The van der Waals surface area contributed by atoms with Gasteiger partial charge in [-0.05, 0) is 19.9 Å². The molecule has 120 valence electrons. The van der Waals surface area contributed by atoms with Gasteiger partial charge in [-0.3, -0.25) is 9.05 Å². The van der Waals surface area contributed by atoms with E-state index in [9.17, 15) is 8.42 Å². The Morgan fingerprint density at radius 2 is 1.67 bits per heavy atom. The van der Waals surface area contributed by atoms with Crippen LogP contribution in [0.1, 0.15) is 13.8 Å². The molecule has 1 rings (SSSR count). The van der Waals surface area contributed by atoms with Gasteiger partial charge in [0.25, 0.3) is 0 Å². The highest BCUT2D eigenvalue weighted by Crippen LogP contribution is 2.51. The molecule has 0 saturated heterocycles. The summed E-state index contributed by atoms with van der Waals surface area (Å²) >= 11 is 17.2. The van der Waals surface area contributed by atoms with Gasteiger partial charge in [0.15, 0.2) is 9.84 Å². The smallest absolute Gasteiger partial charge is 0.380 e. The molecule has 0 N–H and O–H groups in total. The summed E-state index contributed by atoms with van der Waals surface area (Å²) in [5.74, 6) is 0.124. The highest BCUT2D eigenvalue weighted by Gasteiger charge is 2.24. The minimum Gasteiger partial charge on any atom is -0.422 e. The molecular formula is C11H15Cl2O5PS2. The van der Waals surface area contributed by atoms with Crippen molar-refractivity contribution in [1.82, 2.24) is 0 Å². The van der Waals surface area contributed by atoms with Crippen molar-refractivity contribution in [2.24, 2.45) is 0 Å². The first-order chi connectivity index (χ1) is 9.63. The molecule has 1 aromatic carbocycles. The van der Waals surface area contributed by atoms with Crippen LogP contribution in [0.5, 0.6) is 5.75 Å². The van der Waals surface area contributed by atoms with Crippen LogP contribution in [0.4, 0.5) is 0 Å². The van der Waals surface area contributed by atoms with Crippen LogP contribution in [-0.2, 0) is 30.7 Å². The van der Waals surface area contributed by atoms with Crippen LogP contribution in [0, 0.1) is 0 Å². The van der Waals surface area contributed by atoms with Gasteiger partial charge in [-0.15, -0.1) is 0 Å². The van der Waals surface area contributed by atoms with E-state index in [1.807, 2.05) is 0 Å². The molecule has 0 heterocycles. The number of hydrogen-bond donors (Lipinski definition) is 0. The normalized spacial score (nSPS) is 12.4. The van der Waals surface area contributed by atoms with Crippen molar-refractivity contribution in [2.45, 2.75) is 18.7 Å². The Hall–Kier alpha value is 0.120. The second kappa shape index (κ2) is 7.59. The number of halogens is 2. The standard InChI is InChI=1S/C11H15Cl2O5PS2/c1-4-16-19(20,17-5-2)18-10-6-9(13)11(7-8(10)12)21(3,14)15/h6-7H,4-5H2,1-3H3. The van der Waals surface area contributed by atoms with Crippen molar-refractivity contribution in [1.29, 1.82) is 0 Å². The molecule has 1 aromatic rings. The molecular weight excluding hydrogens is 378 g/mol. The third-order valence-corrected chi connectivity index (χ3v) is 6.45. The molecule has 0 aliphatic carbocycles. The minimum atomic E-state index is -3.49. The van der Waals surface area contributed by atoms with E-state index in [4.69, 9.17) is 48.6 Å². The Morgan fingerprint density at radius 1 is 1.14 bits per heavy atom. The van der Waals surface area contributed by atoms with E-state index in [0.717, 1.165) is 6.26 Å². The number of rotatable bonds is 7. The Bertz CT molecular complexity index is 653. The van der Waals surface area contributed by atoms with Crippen molar-refractivity contribution in [3.8, 4) is 5.75 Å². The molecule has 10 heteroatoms. The lowest BCUT2D eigenvalue weighted by atomic mass is 10.3. The predicted molar refractivity (Wildman–Crippen MR) is 87.7 cm³/mol. The van der Waals surface area contributed by atoms with Gasteiger partial charge < -0.3 is 4.52 Å². The molecule has 21 heavy (non-hydrogen) atoms. The molecule has 0 spiro atoms. The van der Waals surface area contributed by atoms with E-state index in [1.54, 1.807) is 13.8 Å². The monoisotopic (exact) mass is 392 g/mol. The fourth-order valence-corrected chi connectivity index (χ4v) is 5.11. The number of benzene rings is 1. The Morgan fingerprint density at radius 3 is 2.10 bits per heavy atom. The maximum atomic E-state index is 11.6. The van der Waals surface area contributed by atoms with Crippen LogP contribution in [0.3, 0.4) is 0 Å². The van der Waals surface area contributed by atoms with Gasteiger partial charge >= 0.3 is 6.72 Å². The summed E-state index contributed by atoms with van der Waals surface area (Å²) in [6.45, 7) is 1.13. The van der Waals surface area contributed by atoms with Gasteiger partial charge in [0, 0.05) is 24.1 Å². The molecule has 0 atom stereocenters. The summed E-state index contributed by atoms with van der Waals surface area (Å²) in [7, 11) is -3.49. The maximum absolute atomic E-state index is 11.6. The van der Waals surface area contributed by atoms with E-state index in [0.29, 0.717) is 13.2 Å². The second-order valence-corrected chi connectivity index (χ2v) is 9.59. The summed E-state index contributed by atoms with van der Waals surface area (Å²) < 4.78 is 39.3. The lowest BCUT2D eigenvalue weighted by Gasteiger charge is -2.22. The quantitative estimate of drug-likeness (QED) is 0.651. The van der Waals surface area contributed by atoms with Crippen LogP contribution in [0.25, 0.3) is 0 Å². The third-order valence-electron chi connectivity index (χ3n) is 2.17. The molecule has 0 aliphatic rings. The maximum Gasteiger partial charge on any atom is 0.380 e. The van der Waals surface area contributed by atoms with Crippen LogP contribution < -0.4 is 4.52 Å². The molecule has 0 radical (unpaired) electrons. The van der Waals surface area contributed by atoms with E-state index in [2.05, 4.69) is 0 Å². The molecule has 0 saturated carbocycles. The topological polar surface area (TPSA) is 61.8 Å². The average Bonchev–Trinajstić information content (AvgIpc) is 2.32. The Balaban J connectivity index is 3.21. The molecule has 0 aliphatic heterocycles. The van der Waals surface area contributed by atoms with Gasteiger partial charge in [-0.1, -0.05) is 23.2 Å². The SMILES string of the molecule is CCOP(=S)(OCC)Oc1cc(Cl)c(S(C)(=O)=O)cc1Cl. The average molecular weight is 393 g/mol. The van der Waals surface area contributed by atoms with Crippen molar-refractivity contribution in [2.75, 3.05) is 19.5 Å². The molecule has 5 nitrogen and oxygen atoms in total. The third kappa shape index (κ3) is 5.36. The van der Waals surface area contributed by atoms with Gasteiger partial charge in [0.1, 0.15) is 5.75 Å². The Kier molecular flexibility index (Phi) is 6.93. The zero-order valence-corrected chi connectivity index (χ0v) is 15.7. The van der Waals surface area contributed by atoms with E-state index in [-0.39, 0.29) is 20.7 Å². The number of hydrogen-bond acceptors (Lipinski definition) is 6. The summed E-state index contributed by atoms with van der Waals surface area (Å²) in [5.41, 5.74) is 0. The van der Waals surface area contributed by atoms with Crippen LogP contribution in [-0.4, -0.2) is 27.9 Å². The summed E-state index contributed by atoms with van der Waals surface area (Å²) in [6, 6.07) is 2.51.